The molecule has 1 saturated heterocycles. The van der Waals surface area contributed by atoms with Gasteiger partial charge in [-0.05, 0) is 25.5 Å². The lowest BCUT2D eigenvalue weighted by Crippen LogP contribution is -2.67. The Balaban J connectivity index is 2.32. The molecule has 2 rings (SSSR count). The molecule has 0 bridgehead atoms. The van der Waals surface area contributed by atoms with Crippen molar-refractivity contribution >= 4 is 0 Å². The summed E-state index contributed by atoms with van der Waals surface area (Å²) in [5, 5.41) is 9.66. The normalized spacial score (nSPS) is 43.9. The quantitative estimate of drug-likeness (QED) is 0.575. The van der Waals surface area contributed by atoms with E-state index in [1.54, 1.807) is 35.2 Å². The molecule has 23 heavy (non-hydrogen) atoms. The van der Waals surface area contributed by atoms with Crippen molar-refractivity contribution in [3.63, 3.8) is 0 Å². The van der Waals surface area contributed by atoms with Gasteiger partial charge in [-0.3, -0.25) is 0 Å². The number of aliphatic hydroxyl groups is 1. The van der Waals surface area contributed by atoms with E-state index in [1.807, 2.05) is 13.0 Å². The predicted octanol–water partition coefficient (Wildman–Crippen LogP) is 1.05. The van der Waals surface area contributed by atoms with Crippen molar-refractivity contribution in [3.05, 3.63) is 11.6 Å². The van der Waals surface area contributed by atoms with E-state index in [0.29, 0.717) is 0 Å². The van der Waals surface area contributed by atoms with Gasteiger partial charge >= 0.3 is 0 Å². The number of hydrogen-bond donors (Lipinski definition) is 1. The molecule has 0 aromatic rings. The summed E-state index contributed by atoms with van der Waals surface area (Å²) in [7, 11) is 4.67. The Kier molecular flexibility index (Phi) is 5.84. The zero-order chi connectivity index (χ0) is 17.3. The van der Waals surface area contributed by atoms with Crippen LogP contribution < -0.4 is 0 Å². The standard InChI is InChI=1S/C16H28O7/c1-10-13(21-9-18-4)11(8-17)7-12-14(10)23-16(3,20-6)15(2,19-5)22-12/h7,10,12-14,17H,8-9H2,1-6H3/t10-,12-,13-,14-,15+,16+/m1/s1. The van der Waals surface area contributed by atoms with E-state index in [1.165, 1.54) is 0 Å². The monoisotopic (exact) mass is 332 g/mol. The van der Waals surface area contributed by atoms with Crippen LogP contribution in [-0.4, -0.2) is 69.7 Å². The number of aliphatic hydroxyl groups excluding tert-OH is 1. The summed E-state index contributed by atoms with van der Waals surface area (Å²) in [6.45, 7) is 5.58. The largest absolute Gasteiger partial charge is 0.392 e. The first kappa shape index (κ1) is 18.8. The lowest BCUT2D eigenvalue weighted by atomic mass is 9.81. The molecular weight excluding hydrogens is 304 g/mol. The Hall–Kier alpha value is -0.540. The molecule has 0 aromatic carbocycles. The van der Waals surface area contributed by atoms with Gasteiger partial charge in [0.15, 0.2) is 0 Å². The van der Waals surface area contributed by atoms with E-state index in [4.69, 9.17) is 28.4 Å². The first-order valence-corrected chi connectivity index (χ1v) is 7.73. The van der Waals surface area contributed by atoms with E-state index in [0.717, 1.165) is 5.57 Å². The minimum atomic E-state index is -1.07. The van der Waals surface area contributed by atoms with E-state index >= 15 is 0 Å². The number of rotatable bonds is 6. The fraction of sp³-hybridized carbons (Fsp3) is 0.875. The molecule has 7 nitrogen and oxygen atoms in total. The van der Waals surface area contributed by atoms with Gasteiger partial charge < -0.3 is 33.5 Å². The summed E-state index contributed by atoms with van der Waals surface area (Å²) in [4.78, 5) is 0. The Morgan fingerprint density at radius 2 is 1.74 bits per heavy atom. The van der Waals surface area contributed by atoms with Gasteiger partial charge in [0.1, 0.15) is 12.9 Å². The lowest BCUT2D eigenvalue weighted by Gasteiger charge is -2.54. The van der Waals surface area contributed by atoms with Crippen LogP contribution in [0.5, 0.6) is 0 Å². The molecule has 2 aliphatic rings. The maximum absolute atomic E-state index is 9.66. The van der Waals surface area contributed by atoms with Crippen LogP contribution in [0.4, 0.5) is 0 Å². The highest BCUT2D eigenvalue weighted by Gasteiger charge is 2.58. The molecule has 0 amide bonds. The van der Waals surface area contributed by atoms with Crippen LogP contribution in [0.3, 0.4) is 0 Å². The van der Waals surface area contributed by atoms with Gasteiger partial charge in [0.2, 0.25) is 11.6 Å². The maximum Gasteiger partial charge on any atom is 0.220 e. The van der Waals surface area contributed by atoms with Crippen LogP contribution in [0.15, 0.2) is 11.6 Å². The molecule has 7 heteroatoms. The zero-order valence-electron chi connectivity index (χ0n) is 14.7. The minimum absolute atomic E-state index is 0.0572. The fourth-order valence-electron chi connectivity index (χ4n) is 3.23. The van der Waals surface area contributed by atoms with Crippen molar-refractivity contribution in [1.82, 2.24) is 0 Å². The molecule has 1 aliphatic heterocycles. The van der Waals surface area contributed by atoms with E-state index < -0.39 is 11.6 Å². The van der Waals surface area contributed by atoms with Gasteiger partial charge in [-0.25, -0.2) is 0 Å². The van der Waals surface area contributed by atoms with Crippen molar-refractivity contribution in [1.29, 1.82) is 0 Å². The average Bonchev–Trinajstić information content (AvgIpc) is 2.55. The van der Waals surface area contributed by atoms with Gasteiger partial charge in [0.25, 0.3) is 0 Å². The Morgan fingerprint density at radius 1 is 1.13 bits per heavy atom. The Labute approximate surface area is 137 Å². The van der Waals surface area contributed by atoms with Crippen molar-refractivity contribution in [2.75, 3.05) is 34.7 Å². The topological polar surface area (TPSA) is 75.6 Å². The fourth-order valence-corrected chi connectivity index (χ4v) is 3.23. The summed E-state index contributed by atoms with van der Waals surface area (Å²) in [6, 6.07) is 0. The molecule has 0 unspecified atom stereocenters. The second-order valence-corrected chi connectivity index (χ2v) is 6.22. The van der Waals surface area contributed by atoms with Crippen LogP contribution in [0.25, 0.3) is 0 Å². The van der Waals surface area contributed by atoms with E-state index in [9.17, 15) is 5.11 Å². The van der Waals surface area contributed by atoms with Crippen molar-refractivity contribution in [3.8, 4) is 0 Å². The van der Waals surface area contributed by atoms with Gasteiger partial charge in [-0.15, -0.1) is 0 Å². The first-order valence-electron chi connectivity index (χ1n) is 7.73. The molecule has 134 valence electrons. The molecule has 6 atom stereocenters. The molecule has 0 radical (unpaired) electrons. The number of ether oxygens (including phenoxy) is 6. The van der Waals surface area contributed by atoms with Crippen molar-refractivity contribution in [2.24, 2.45) is 5.92 Å². The lowest BCUT2D eigenvalue weighted by molar-refractivity contribution is -0.449. The van der Waals surface area contributed by atoms with Crippen LogP contribution in [0.1, 0.15) is 20.8 Å². The molecule has 1 aliphatic carbocycles. The third-order valence-corrected chi connectivity index (χ3v) is 4.94. The molecule has 0 aromatic heterocycles. The molecular formula is C16H28O7. The smallest absolute Gasteiger partial charge is 0.220 e. The van der Waals surface area contributed by atoms with Crippen LogP contribution in [0, 0.1) is 5.92 Å². The maximum atomic E-state index is 9.66. The van der Waals surface area contributed by atoms with Gasteiger partial charge in [-0.1, -0.05) is 6.92 Å². The first-order chi connectivity index (χ1) is 10.9. The van der Waals surface area contributed by atoms with Gasteiger partial charge in [-0.2, -0.15) is 0 Å². The van der Waals surface area contributed by atoms with E-state index in [-0.39, 0.29) is 37.6 Å². The van der Waals surface area contributed by atoms with Crippen LogP contribution >= 0.6 is 0 Å². The number of hydrogen-bond acceptors (Lipinski definition) is 7. The summed E-state index contributed by atoms with van der Waals surface area (Å²) in [5.41, 5.74) is 0.749. The molecule has 0 spiro atoms. The zero-order valence-corrected chi connectivity index (χ0v) is 14.7. The Morgan fingerprint density at radius 3 is 2.26 bits per heavy atom. The van der Waals surface area contributed by atoms with E-state index in [2.05, 4.69) is 0 Å². The molecule has 1 fully saturated rings. The predicted molar refractivity (Wildman–Crippen MR) is 81.7 cm³/mol. The minimum Gasteiger partial charge on any atom is -0.392 e. The average molecular weight is 332 g/mol. The van der Waals surface area contributed by atoms with Gasteiger partial charge in [0, 0.05) is 27.2 Å². The Bertz CT molecular complexity index is 440. The van der Waals surface area contributed by atoms with Crippen LogP contribution in [-0.2, 0) is 28.4 Å². The number of fused-ring (bicyclic) bond motifs is 1. The number of methoxy groups -OCH3 is 3. The molecule has 1 heterocycles. The third kappa shape index (κ3) is 3.19. The highest BCUT2D eigenvalue weighted by Crippen LogP contribution is 2.44. The second-order valence-electron chi connectivity index (χ2n) is 6.22. The van der Waals surface area contributed by atoms with Crippen LogP contribution in [0.2, 0.25) is 0 Å². The molecule has 1 N–H and O–H groups in total. The molecule has 0 saturated carbocycles. The summed E-state index contributed by atoms with van der Waals surface area (Å²) >= 11 is 0. The highest BCUT2D eigenvalue weighted by molar-refractivity contribution is 5.21. The summed E-state index contributed by atoms with van der Waals surface area (Å²) in [6.07, 6.45) is 0.887. The van der Waals surface area contributed by atoms with Crippen molar-refractivity contribution in [2.45, 2.75) is 50.7 Å². The SMILES string of the molecule is COCO[C@H]1C(CO)=C[C@H]2O[C@](C)(OC)[C@@](C)(OC)O[C@@H]2[C@@H]1C. The summed E-state index contributed by atoms with van der Waals surface area (Å²) < 4.78 is 34.1. The van der Waals surface area contributed by atoms with Gasteiger partial charge in [0.05, 0.1) is 18.8 Å². The van der Waals surface area contributed by atoms with Crippen molar-refractivity contribution < 1.29 is 33.5 Å². The highest BCUT2D eigenvalue weighted by atomic mass is 16.8. The third-order valence-electron chi connectivity index (χ3n) is 4.94. The second kappa shape index (κ2) is 7.14. The summed E-state index contributed by atoms with van der Waals surface area (Å²) in [5.74, 6) is -2.19.